The van der Waals surface area contributed by atoms with Gasteiger partial charge >= 0.3 is 12.2 Å². The van der Waals surface area contributed by atoms with E-state index in [1.54, 1.807) is 9.80 Å². The summed E-state index contributed by atoms with van der Waals surface area (Å²) in [7, 11) is 0.900. The van der Waals surface area contributed by atoms with Crippen molar-refractivity contribution in [1.29, 1.82) is 0 Å². The van der Waals surface area contributed by atoms with Crippen molar-refractivity contribution in [3.8, 4) is 0 Å². The Morgan fingerprint density at radius 1 is 0.574 bits per heavy atom. The largest absolute Gasteiger partial charge is 0.453 e. The zero-order valence-corrected chi connectivity index (χ0v) is 42.4. The van der Waals surface area contributed by atoms with Gasteiger partial charge in [0.05, 0.1) is 26.3 Å². The van der Waals surface area contributed by atoms with E-state index in [0.29, 0.717) is 50.1 Å². The quantitative estimate of drug-likeness (QED) is 0.0974. The Labute approximate surface area is 403 Å². The van der Waals surface area contributed by atoms with Crippen molar-refractivity contribution < 1.29 is 38.2 Å². The minimum absolute atomic E-state index is 0.0351. The fraction of sp³-hybridized carbons (Fsp3) is 0.538. The first-order valence-corrected chi connectivity index (χ1v) is 27.2. The second kappa shape index (κ2) is 22.9. The third-order valence-corrected chi connectivity index (χ3v) is 20.4. The summed E-state index contributed by atoms with van der Waals surface area (Å²) in [5.41, 5.74) is 4.62. The second-order valence-corrected chi connectivity index (χ2v) is 24.5. The highest BCUT2D eigenvalue weighted by atomic mass is 28.3. The van der Waals surface area contributed by atoms with Gasteiger partial charge in [0.25, 0.3) is 0 Å². The SMILES string of the molecule is CC[Si-](CC)(CC)c1ccc(N2[C@H](c3ccc(NC(=O)[C@@H]4CCCN4C(=O)[C@@H](NC(=O)OC)C(C)C)cc3)CC[C@H]2c2ccc(NC(=O)[C@@H]3CCCN3C(=O)[C@@H](NC(=O)OC)C(C)C)cc2)cc1. The van der Waals surface area contributed by atoms with E-state index < -0.39 is 44.4 Å². The number of nitrogens with zero attached hydrogens (tertiary/aromatic N) is 3. The van der Waals surface area contributed by atoms with Crippen LogP contribution >= 0.6 is 0 Å². The van der Waals surface area contributed by atoms with Crippen LogP contribution in [0, 0.1) is 11.8 Å². The number of carbonyl (C=O) groups is 6. The number of alkyl carbamates (subject to hydrolysis) is 2. The molecule has 0 aromatic heterocycles. The predicted molar refractivity (Wildman–Crippen MR) is 268 cm³/mol. The lowest BCUT2D eigenvalue weighted by molar-refractivity contribution is -0.139. The van der Waals surface area contributed by atoms with Crippen LogP contribution in [0.4, 0.5) is 26.7 Å². The number of amides is 6. The van der Waals surface area contributed by atoms with Gasteiger partial charge in [0.2, 0.25) is 23.6 Å². The molecule has 4 N–H and O–H groups in total. The van der Waals surface area contributed by atoms with E-state index in [4.69, 9.17) is 9.47 Å². The van der Waals surface area contributed by atoms with Crippen molar-refractivity contribution in [1.82, 2.24) is 20.4 Å². The zero-order chi connectivity index (χ0) is 49.3. The smallest absolute Gasteiger partial charge is 0.407 e. The molecule has 0 aliphatic carbocycles. The molecule has 68 heavy (non-hydrogen) atoms. The van der Waals surface area contributed by atoms with E-state index in [0.717, 1.165) is 29.7 Å². The van der Waals surface area contributed by atoms with Crippen molar-refractivity contribution in [3.63, 3.8) is 0 Å². The van der Waals surface area contributed by atoms with Gasteiger partial charge in [-0.3, -0.25) is 19.2 Å². The fourth-order valence-electron chi connectivity index (χ4n) is 10.6. The van der Waals surface area contributed by atoms with Crippen LogP contribution in [0.2, 0.25) is 18.1 Å². The molecule has 6 amide bonds. The van der Waals surface area contributed by atoms with E-state index >= 15 is 0 Å². The normalized spacial score (nSPS) is 20.2. The van der Waals surface area contributed by atoms with Gasteiger partial charge in [0.1, 0.15) is 24.2 Å². The molecule has 6 rings (SSSR count). The van der Waals surface area contributed by atoms with E-state index in [1.807, 2.05) is 52.0 Å². The van der Waals surface area contributed by atoms with Crippen LogP contribution in [0.3, 0.4) is 0 Å². The number of carbonyl (C=O) groups excluding carboxylic acids is 6. The summed E-state index contributed by atoms with van der Waals surface area (Å²) in [6.07, 6.45) is 2.81. The van der Waals surface area contributed by atoms with Gasteiger partial charge in [-0.25, -0.2) is 9.59 Å². The molecule has 3 aliphatic heterocycles. The molecule has 3 heterocycles. The van der Waals surface area contributed by atoms with Crippen LogP contribution in [0.5, 0.6) is 0 Å². The van der Waals surface area contributed by atoms with Gasteiger partial charge in [-0.2, -0.15) is 23.3 Å². The lowest BCUT2D eigenvalue weighted by atomic mass is 10.0. The number of methoxy groups -OCH3 is 2. The molecule has 3 saturated heterocycles. The molecular weight excluding hydrogens is 879 g/mol. The monoisotopic (exact) mass is 952 g/mol. The van der Waals surface area contributed by atoms with Crippen LogP contribution in [0.15, 0.2) is 72.8 Å². The standard InChI is InChI=1S/C52H73N7O8Si/c1-10-68(11-2,12-3)40-27-25-39(26-28-40)59-41(35-17-21-37(22-18-35)53-47(60)43-15-13-31-57(43)49(62)45(33(4)5)55-51(64)66-8)29-30-42(59)36-19-23-38(24-20-36)54-48(61)44-16-14-32-58(44)50(63)46(34(6)7)56-52(65)67-9/h17-28,33-34,41-46H,10-16,29-32H2,1-9H3,(H,53,60)(H,54,61)(H,55,64)(H,56,65)/q-1/t41-,42-,43-,44-,45-,46-/m0/s1. The first kappa shape index (κ1) is 51.5. The maximum absolute atomic E-state index is 13.7. The summed E-state index contributed by atoms with van der Waals surface area (Å²) in [5, 5.41) is 12.9. The van der Waals surface area contributed by atoms with Crippen molar-refractivity contribution in [2.24, 2.45) is 11.8 Å². The molecule has 15 nitrogen and oxygen atoms in total. The topological polar surface area (TPSA) is 179 Å². The Bertz CT molecular complexity index is 2100. The molecule has 0 saturated carbocycles. The average Bonchev–Trinajstić information content (AvgIpc) is 4.15. The van der Waals surface area contributed by atoms with E-state index in [-0.39, 0.29) is 47.5 Å². The van der Waals surface area contributed by atoms with Crippen molar-refractivity contribution in [3.05, 3.63) is 83.9 Å². The highest BCUT2D eigenvalue weighted by molar-refractivity contribution is 6.91. The van der Waals surface area contributed by atoms with Crippen molar-refractivity contribution >= 4 is 66.1 Å². The first-order valence-electron chi connectivity index (χ1n) is 24.6. The highest BCUT2D eigenvalue weighted by Crippen LogP contribution is 2.47. The summed E-state index contributed by atoms with van der Waals surface area (Å²) < 4.78 is 9.51. The van der Waals surface area contributed by atoms with Crippen LogP contribution in [0.25, 0.3) is 0 Å². The van der Waals surface area contributed by atoms with Gasteiger partial charge in [-0.1, -0.05) is 84.9 Å². The Morgan fingerprint density at radius 3 is 1.29 bits per heavy atom. The summed E-state index contributed by atoms with van der Waals surface area (Å²) >= 11 is 0. The lowest BCUT2D eigenvalue weighted by Gasteiger charge is -2.42. The Balaban J connectivity index is 1.20. The van der Waals surface area contributed by atoms with Gasteiger partial charge < -0.3 is 45.4 Å². The van der Waals surface area contributed by atoms with E-state index in [1.165, 1.54) is 37.5 Å². The third-order valence-electron chi connectivity index (χ3n) is 14.8. The van der Waals surface area contributed by atoms with Gasteiger partial charge in [0, 0.05) is 30.2 Å². The number of benzene rings is 3. The number of nitrogens with one attached hydrogen (secondary N) is 4. The van der Waals surface area contributed by atoms with Gasteiger partial charge in [-0.15, -0.1) is 8.07 Å². The van der Waals surface area contributed by atoms with E-state index in [2.05, 4.69) is 95.5 Å². The molecule has 3 fully saturated rings. The van der Waals surface area contributed by atoms with E-state index in [9.17, 15) is 28.8 Å². The number of likely N-dealkylation sites (tertiary alicyclic amines) is 2. The lowest BCUT2D eigenvalue weighted by Crippen LogP contribution is -2.54. The Morgan fingerprint density at radius 2 is 0.956 bits per heavy atom. The van der Waals surface area contributed by atoms with Crippen molar-refractivity contribution in [2.75, 3.05) is 42.8 Å². The Kier molecular flexibility index (Phi) is 17.4. The molecule has 3 aromatic rings. The molecule has 369 valence electrons. The summed E-state index contributed by atoms with van der Waals surface area (Å²) in [6.45, 7) is 15.2. The molecule has 0 spiro atoms. The van der Waals surface area contributed by atoms with Crippen LogP contribution in [-0.4, -0.2) is 105 Å². The molecular formula is C52H73N7O8Si-. The summed E-state index contributed by atoms with van der Waals surface area (Å²) in [4.78, 5) is 84.5. The number of anilines is 3. The summed E-state index contributed by atoms with van der Waals surface area (Å²) in [5.74, 6) is -1.53. The molecule has 16 heteroatoms. The molecule has 0 bridgehead atoms. The molecule has 3 aromatic carbocycles. The molecule has 3 aliphatic rings. The number of hydrogen-bond donors (Lipinski definition) is 4. The summed E-state index contributed by atoms with van der Waals surface area (Å²) in [6, 6.07) is 26.0. The maximum Gasteiger partial charge on any atom is 0.407 e. The predicted octanol–water partition coefficient (Wildman–Crippen LogP) is 8.11. The highest BCUT2D eigenvalue weighted by Gasteiger charge is 2.41. The maximum atomic E-state index is 13.7. The number of rotatable bonds is 17. The molecule has 0 radical (unpaired) electrons. The molecule has 0 unspecified atom stereocenters. The van der Waals surface area contributed by atoms with Gasteiger partial charge in [0.15, 0.2) is 0 Å². The van der Waals surface area contributed by atoms with Crippen LogP contribution < -0.4 is 31.4 Å². The fourth-order valence-corrected chi connectivity index (χ4v) is 14.2. The number of ether oxygens (including phenoxy) is 2. The van der Waals surface area contributed by atoms with Crippen LogP contribution in [0.1, 0.15) is 110 Å². The minimum atomic E-state index is -1.61. The van der Waals surface area contributed by atoms with Crippen molar-refractivity contribution in [2.45, 2.75) is 141 Å². The average molecular weight is 952 g/mol. The third kappa shape index (κ3) is 11.3. The van der Waals surface area contributed by atoms with Crippen LogP contribution in [-0.2, 0) is 28.7 Å². The zero-order valence-electron chi connectivity index (χ0n) is 41.4. The second-order valence-electron chi connectivity index (χ2n) is 19.2. The van der Waals surface area contributed by atoms with Gasteiger partial charge in [-0.05, 0) is 97.9 Å². The number of hydrogen-bond acceptors (Lipinski definition) is 9. The first-order chi connectivity index (χ1) is 32.6. The minimum Gasteiger partial charge on any atom is -0.453 e. The molecule has 6 atom stereocenters. The Hall–Kier alpha value is -5.90.